The van der Waals surface area contributed by atoms with Gasteiger partial charge in [0.2, 0.25) is 0 Å². The molecule has 0 heterocycles. The molecule has 0 saturated carbocycles. The lowest BCUT2D eigenvalue weighted by Crippen LogP contribution is -2.34. The van der Waals surface area contributed by atoms with E-state index in [1.807, 2.05) is 49.3 Å². The van der Waals surface area contributed by atoms with E-state index in [9.17, 15) is 9.18 Å². The molecule has 1 N–H and O–H groups in total. The molecule has 23 heavy (non-hydrogen) atoms. The van der Waals surface area contributed by atoms with Crippen molar-refractivity contribution < 1.29 is 9.18 Å². The van der Waals surface area contributed by atoms with Crippen LogP contribution in [-0.2, 0) is 0 Å². The monoisotopic (exact) mass is 354 g/mol. The number of amides is 1. The first-order chi connectivity index (χ1) is 10.9. The first-order valence-electron chi connectivity index (χ1n) is 7.04. The zero-order chi connectivity index (χ0) is 17.0. The van der Waals surface area contributed by atoms with Crippen molar-refractivity contribution in [2.75, 3.05) is 20.6 Å². The van der Waals surface area contributed by atoms with Crippen molar-refractivity contribution in [3.05, 3.63) is 69.5 Å². The van der Waals surface area contributed by atoms with Gasteiger partial charge in [0.05, 0.1) is 21.7 Å². The van der Waals surface area contributed by atoms with Crippen LogP contribution in [0.2, 0.25) is 10.0 Å². The van der Waals surface area contributed by atoms with Crippen molar-refractivity contribution in [2.45, 2.75) is 6.04 Å². The Kier molecular flexibility index (Phi) is 5.99. The predicted octanol–water partition coefficient (Wildman–Crippen LogP) is 4.17. The molecule has 0 fully saturated rings. The van der Waals surface area contributed by atoms with E-state index in [1.165, 1.54) is 6.07 Å². The van der Waals surface area contributed by atoms with E-state index in [0.717, 1.165) is 11.6 Å². The molecule has 2 aromatic rings. The van der Waals surface area contributed by atoms with E-state index in [2.05, 4.69) is 5.32 Å². The van der Waals surface area contributed by atoms with Gasteiger partial charge in [-0.3, -0.25) is 4.79 Å². The zero-order valence-corrected chi connectivity index (χ0v) is 14.3. The molecule has 0 radical (unpaired) electrons. The van der Waals surface area contributed by atoms with Crippen LogP contribution in [0.15, 0.2) is 42.5 Å². The van der Waals surface area contributed by atoms with E-state index in [4.69, 9.17) is 23.2 Å². The molecule has 1 atom stereocenters. The SMILES string of the molecule is CN(C)C(CNC(=O)c1cc(F)c(Cl)cc1Cl)c1ccccc1. The summed E-state index contributed by atoms with van der Waals surface area (Å²) in [5, 5.41) is 2.80. The summed E-state index contributed by atoms with van der Waals surface area (Å²) < 4.78 is 13.5. The number of nitrogens with one attached hydrogen (secondary N) is 1. The van der Waals surface area contributed by atoms with Gasteiger partial charge in [-0.1, -0.05) is 53.5 Å². The van der Waals surface area contributed by atoms with Gasteiger partial charge in [0.1, 0.15) is 5.82 Å². The molecule has 0 bridgehead atoms. The first-order valence-corrected chi connectivity index (χ1v) is 7.80. The molecule has 122 valence electrons. The van der Waals surface area contributed by atoms with Crippen LogP contribution in [0.1, 0.15) is 22.0 Å². The van der Waals surface area contributed by atoms with Gasteiger partial charge in [0, 0.05) is 6.54 Å². The molecule has 3 nitrogen and oxygen atoms in total. The van der Waals surface area contributed by atoms with E-state index in [1.54, 1.807) is 0 Å². The molecule has 0 aliphatic carbocycles. The number of nitrogens with zero attached hydrogens (tertiary/aromatic N) is 1. The van der Waals surface area contributed by atoms with Crippen molar-refractivity contribution in [1.82, 2.24) is 10.2 Å². The Bertz CT molecular complexity index is 692. The minimum atomic E-state index is -0.673. The lowest BCUT2D eigenvalue weighted by Gasteiger charge is -2.25. The standard InChI is InChI=1S/C17H17Cl2FN2O/c1-22(2)16(11-6-4-3-5-7-11)10-21-17(23)12-8-15(20)14(19)9-13(12)18/h3-9,16H,10H2,1-2H3,(H,21,23). The molecule has 0 aromatic heterocycles. The third kappa shape index (κ3) is 4.44. The number of rotatable bonds is 5. The van der Waals surface area contributed by atoms with Crippen LogP contribution < -0.4 is 5.32 Å². The molecule has 2 rings (SSSR count). The first kappa shape index (κ1) is 17.7. The molecule has 1 unspecified atom stereocenters. The number of halogens is 3. The summed E-state index contributed by atoms with van der Waals surface area (Å²) in [4.78, 5) is 14.3. The van der Waals surface area contributed by atoms with Gasteiger partial charge in [-0.15, -0.1) is 0 Å². The maximum atomic E-state index is 13.5. The highest BCUT2D eigenvalue weighted by Gasteiger charge is 2.18. The van der Waals surface area contributed by atoms with E-state index >= 15 is 0 Å². The summed E-state index contributed by atoms with van der Waals surface area (Å²) in [5.74, 6) is -1.11. The minimum Gasteiger partial charge on any atom is -0.350 e. The topological polar surface area (TPSA) is 32.3 Å². The Morgan fingerprint density at radius 2 is 1.83 bits per heavy atom. The largest absolute Gasteiger partial charge is 0.350 e. The van der Waals surface area contributed by atoms with Gasteiger partial charge in [-0.2, -0.15) is 0 Å². The second-order valence-electron chi connectivity index (χ2n) is 5.35. The highest BCUT2D eigenvalue weighted by Crippen LogP contribution is 2.24. The molecule has 0 saturated heterocycles. The summed E-state index contributed by atoms with van der Waals surface area (Å²) in [5.41, 5.74) is 1.14. The van der Waals surface area contributed by atoms with Crippen molar-refractivity contribution in [3.8, 4) is 0 Å². The highest BCUT2D eigenvalue weighted by atomic mass is 35.5. The van der Waals surface area contributed by atoms with Gasteiger partial charge in [0.25, 0.3) is 5.91 Å². The van der Waals surface area contributed by atoms with Crippen LogP contribution in [0.25, 0.3) is 0 Å². The molecular formula is C17H17Cl2FN2O. The third-order valence-corrected chi connectivity index (χ3v) is 4.12. The van der Waals surface area contributed by atoms with Crippen LogP contribution in [0.3, 0.4) is 0 Å². The Morgan fingerprint density at radius 3 is 2.43 bits per heavy atom. The quantitative estimate of drug-likeness (QED) is 0.817. The molecule has 2 aromatic carbocycles. The molecule has 0 aliphatic heterocycles. The fourth-order valence-corrected chi connectivity index (χ4v) is 2.72. The van der Waals surface area contributed by atoms with Crippen molar-refractivity contribution in [2.24, 2.45) is 0 Å². The van der Waals surface area contributed by atoms with E-state index < -0.39 is 11.7 Å². The van der Waals surface area contributed by atoms with Crippen molar-refractivity contribution in [3.63, 3.8) is 0 Å². The maximum Gasteiger partial charge on any atom is 0.252 e. The Labute approximate surface area is 145 Å². The maximum absolute atomic E-state index is 13.5. The summed E-state index contributed by atoms with van der Waals surface area (Å²) in [6, 6.07) is 12.1. The number of hydrogen-bond donors (Lipinski definition) is 1. The molecule has 0 spiro atoms. The van der Waals surface area contributed by atoms with E-state index in [-0.39, 0.29) is 21.7 Å². The molecule has 1 amide bonds. The lowest BCUT2D eigenvalue weighted by molar-refractivity contribution is 0.0941. The van der Waals surface area contributed by atoms with Crippen molar-refractivity contribution >= 4 is 29.1 Å². The normalized spacial score (nSPS) is 12.3. The van der Waals surface area contributed by atoms with Crippen LogP contribution >= 0.6 is 23.2 Å². The molecular weight excluding hydrogens is 338 g/mol. The summed E-state index contributed by atoms with van der Waals surface area (Å²) in [6.45, 7) is 0.371. The summed E-state index contributed by atoms with van der Waals surface area (Å²) in [6.07, 6.45) is 0. The van der Waals surface area contributed by atoms with Crippen LogP contribution in [-0.4, -0.2) is 31.4 Å². The zero-order valence-electron chi connectivity index (χ0n) is 12.8. The molecule has 6 heteroatoms. The second-order valence-corrected chi connectivity index (χ2v) is 6.16. The summed E-state index contributed by atoms with van der Waals surface area (Å²) >= 11 is 11.6. The van der Waals surface area contributed by atoms with Crippen LogP contribution in [0.5, 0.6) is 0 Å². The third-order valence-electron chi connectivity index (χ3n) is 3.52. The molecule has 0 aliphatic rings. The smallest absolute Gasteiger partial charge is 0.252 e. The minimum absolute atomic E-state index is 0.00364. The Morgan fingerprint density at radius 1 is 1.17 bits per heavy atom. The fraction of sp³-hybridized carbons (Fsp3) is 0.235. The number of hydrogen-bond acceptors (Lipinski definition) is 2. The average Bonchev–Trinajstić information content (AvgIpc) is 2.51. The Balaban J connectivity index is 2.12. The fourth-order valence-electron chi connectivity index (χ4n) is 2.25. The van der Waals surface area contributed by atoms with Gasteiger partial charge < -0.3 is 10.2 Å². The van der Waals surface area contributed by atoms with Crippen LogP contribution in [0.4, 0.5) is 4.39 Å². The highest BCUT2D eigenvalue weighted by molar-refractivity contribution is 6.36. The number of carbonyl (C=O) groups excluding carboxylic acids is 1. The lowest BCUT2D eigenvalue weighted by atomic mass is 10.1. The van der Waals surface area contributed by atoms with Gasteiger partial charge in [-0.25, -0.2) is 4.39 Å². The number of likely N-dealkylation sites (N-methyl/N-ethyl adjacent to an activating group) is 1. The second kappa shape index (κ2) is 7.77. The van der Waals surface area contributed by atoms with Crippen molar-refractivity contribution in [1.29, 1.82) is 0 Å². The Hall–Kier alpha value is -1.62. The predicted molar refractivity (Wildman–Crippen MR) is 91.6 cm³/mol. The van der Waals surface area contributed by atoms with Gasteiger partial charge >= 0.3 is 0 Å². The van der Waals surface area contributed by atoms with Gasteiger partial charge in [-0.05, 0) is 31.8 Å². The number of carbonyl (C=O) groups is 1. The average molecular weight is 355 g/mol. The summed E-state index contributed by atoms with van der Waals surface area (Å²) in [7, 11) is 3.86. The van der Waals surface area contributed by atoms with E-state index in [0.29, 0.717) is 6.54 Å². The van der Waals surface area contributed by atoms with Crippen LogP contribution in [0, 0.1) is 5.82 Å². The van der Waals surface area contributed by atoms with Gasteiger partial charge in [0.15, 0.2) is 0 Å². The number of benzene rings is 2.